The van der Waals surface area contributed by atoms with E-state index >= 15 is 0 Å². The summed E-state index contributed by atoms with van der Waals surface area (Å²) in [7, 11) is 0. The predicted octanol–water partition coefficient (Wildman–Crippen LogP) is 4.46. The van der Waals surface area contributed by atoms with Crippen molar-refractivity contribution >= 4 is 15.9 Å². The Bertz CT molecular complexity index is 421. The lowest BCUT2D eigenvalue weighted by Gasteiger charge is -2.37. The van der Waals surface area contributed by atoms with Gasteiger partial charge in [0.15, 0.2) is 0 Å². The van der Waals surface area contributed by atoms with Crippen LogP contribution in [-0.2, 0) is 6.42 Å². The molecule has 0 heterocycles. The highest BCUT2D eigenvalue weighted by molar-refractivity contribution is 9.10. The Morgan fingerprint density at radius 2 is 2.28 bits per heavy atom. The van der Waals surface area contributed by atoms with Crippen molar-refractivity contribution in [3.05, 3.63) is 34.1 Å². The molecule has 18 heavy (non-hydrogen) atoms. The fraction of sp³-hybridized carbons (Fsp3) is 0.600. The lowest BCUT2D eigenvalue weighted by Crippen LogP contribution is -2.37. The number of hydrogen-bond donors (Lipinski definition) is 1. The second kappa shape index (κ2) is 5.70. The first-order valence-corrected chi connectivity index (χ1v) is 7.48. The number of hydrogen-bond acceptors (Lipinski definition) is 1. The Morgan fingerprint density at radius 1 is 1.50 bits per heavy atom. The third-order valence-corrected chi connectivity index (χ3v) is 4.77. The Kier molecular flexibility index (Phi) is 4.44. The summed E-state index contributed by atoms with van der Waals surface area (Å²) in [4.78, 5) is 0. The standard InChI is InChI=1S/C15H20BrFO/c1-2-11-4-3-7-15(18,9-11)10-12-5-6-13(17)8-14(12)16/h5-6,8,11,18H,2-4,7,9-10H2,1H3. The van der Waals surface area contributed by atoms with E-state index in [4.69, 9.17) is 0 Å². The maximum Gasteiger partial charge on any atom is 0.124 e. The lowest BCUT2D eigenvalue weighted by atomic mass is 9.74. The molecule has 1 nitrogen and oxygen atoms in total. The van der Waals surface area contributed by atoms with Crippen molar-refractivity contribution in [2.75, 3.05) is 0 Å². The topological polar surface area (TPSA) is 20.2 Å². The van der Waals surface area contributed by atoms with Gasteiger partial charge >= 0.3 is 0 Å². The second-order valence-corrected chi connectivity index (χ2v) is 6.36. The zero-order valence-electron chi connectivity index (χ0n) is 10.8. The number of halogens is 2. The molecule has 0 radical (unpaired) electrons. The van der Waals surface area contributed by atoms with Crippen LogP contribution >= 0.6 is 15.9 Å². The van der Waals surface area contributed by atoms with Crippen molar-refractivity contribution in [3.63, 3.8) is 0 Å². The lowest BCUT2D eigenvalue weighted by molar-refractivity contribution is -0.0163. The molecule has 2 rings (SSSR count). The van der Waals surface area contributed by atoms with E-state index in [0.29, 0.717) is 12.3 Å². The first-order valence-electron chi connectivity index (χ1n) is 6.69. The average molecular weight is 315 g/mol. The van der Waals surface area contributed by atoms with Gasteiger partial charge < -0.3 is 5.11 Å². The molecule has 3 heteroatoms. The highest BCUT2D eigenvalue weighted by atomic mass is 79.9. The molecule has 1 fully saturated rings. The van der Waals surface area contributed by atoms with E-state index in [0.717, 1.165) is 35.7 Å². The van der Waals surface area contributed by atoms with Crippen LogP contribution in [0.1, 0.15) is 44.6 Å². The molecule has 0 aliphatic heterocycles. The largest absolute Gasteiger partial charge is 0.390 e. The van der Waals surface area contributed by atoms with Crippen molar-refractivity contribution in [1.29, 1.82) is 0 Å². The van der Waals surface area contributed by atoms with Crippen molar-refractivity contribution in [3.8, 4) is 0 Å². The zero-order chi connectivity index (χ0) is 13.2. The first-order chi connectivity index (χ1) is 8.52. The van der Waals surface area contributed by atoms with E-state index < -0.39 is 5.60 Å². The van der Waals surface area contributed by atoms with Crippen LogP contribution in [0.15, 0.2) is 22.7 Å². The molecule has 100 valence electrons. The molecule has 1 aliphatic carbocycles. The summed E-state index contributed by atoms with van der Waals surface area (Å²) in [6.45, 7) is 2.18. The van der Waals surface area contributed by atoms with Gasteiger partial charge in [0.1, 0.15) is 5.82 Å². The van der Waals surface area contributed by atoms with Crippen LogP contribution in [0.25, 0.3) is 0 Å². The van der Waals surface area contributed by atoms with Crippen LogP contribution in [0.3, 0.4) is 0 Å². The normalized spacial score (nSPS) is 28.3. The second-order valence-electron chi connectivity index (χ2n) is 5.51. The van der Waals surface area contributed by atoms with E-state index in [1.54, 1.807) is 6.07 Å². The molecule has 1 aromatic carbocycles. The number of benzene rings is 1. The zero-order valence-corrected chi connectivity index (χ0v) is 12.3. The van der Waals surface area contributed by atoms with Crippen molar-refractivity contribution in [1.82, 2.24) is 0 Å². The van der Waals surface area contributed by atoms with E-state index in [9.17, 15) is 9.50 Å². The summed E-state index contributed by atoms with van der Waals surface area (Å²) in [6.07, 6.45) is 5.79. The van der Waals surface area contributed by atoms with Gasteiger partial charge in [0.2, 0.25) is 0 Å². The molecule has 1 saturated carbocycles. The van der Waals surface area contributed by atoms with Gasteiger partial charge in [0.25, 0.3) is 0 Å². The summed E-state index contributed by atoms with van der Waals surface area (Å²) in [5, 5.41) is 10.7. The summed E-state index contributed by atoms with van der Waals surface area (Å²) >= 11 is 3.38. The maximum atomic E-state index is 13.0. The van der Waals surface area contributed by atoms with Crippen LogP contribution in [0.2, 0.25) is 0 Å². The molecular formula is C15H20BrFO. The first kappa shape index (κ1) is 14.0. The van der Waals surface area contributed by atoms with E-state index in [1.807, 2.05) is 0 Å². The molecular weight excluding hydrogens is 295 g/mol. The van der Waals surface area contributed by atoms with Crippen LogP contribution < -0.4 is 0 Å². The van der Waals surface area contributed by atoms with E-state index in [1.165, 1.54) is 18.6 Å². The van der Waals surface area contributed by atoms with Crippen molar-refractivity contribution in [2.24, 2.45) is 5.92 Å². The van der Waals surface area contributed by atoms with Gasteiger partial charge in [-0.25, -0.2) is 4.39 Å². The smallest absolute Gasteiger partial charge is 0.124 e. The summed E-state index contributed by atoms with van der Waals surface area (Å²) in [5.41, 5.74) is 0.384. The third kappa shape index (κ3) is 3.33. The van der Waals surface area contributed by atoms with Gasteiger partial charge in [0, 0.05) is 10.9 Å². The minimum Gasteiger partial charge on any atom is -0.390 e. The average Bonchev–Trinajstić information content (AvgIpc) is 2.33. The van der Waals surface area contributed by atoms with Gasteiger partial charge in [-0.15, -0.1) is 0 Å². The highest BCUT2D eigenvalue weighted by Crippen LogP contribution is 2.37. The van der Waals surface area contributed by atoms with Crippen LogP contribution in [0.4, 0.5) is 4.39 Å². The van der Waals surface area contributed by atoms with Gasteiger partial charge in [-0.2, -0.15) is 0 Å². The van der Waals surface area contributed by atoms with Crippen LogP contribution in [0.5, 0.6) is 0 Å². The minimum absolute atomic E-state index is 0.243. The summed E-state index contributed by atoms with van der Waals surface area (Å²) in [5.74, 6) is 0.385. The minimum atomic E-state index is -0.612. The molecule has 0 spiro atoms. The Morgan fingerprint density at radius 3 is 2.94 bits per heavy atom. The molecule has 0 saturated heterocycles. The summed E-state index contributed by atoms with van der Waals surface area (Å²) < 4.78 is 13.8. The highest BCUT2D eigenvalue weighted by Gasteiger charge is 2.34. The van der Waals surface area contributed by atoms with E-state index in [2.05, 4.69) is 22.9 Å². The fourth-order valence-corrected chi connectivity index (χ4v) is 3.48. The van der Waals surface area contributed by atoms with E-state index in [-0.39, 0.29) is 5.82 Å². The molecule has 0 bridgehead atoms. The molecule has 2 unspecified atom stereocenters. The molecule has 1 aliphatic rings. The SMILES string of the molecule is CCC1CCCC(O)(Cc2ccc(F)cc2Br)C1. The molecule has 1 aromatic rings. The Hall–Kier alpha value is -0.410. The number of rotatable bonds is 3. The Labute approximate surface area is 117 Å². The fourth-order valence-electron chi connectivity index (χ4n) is 2.99. The van der Waals surface area contributed by atoms with Crippen molar-refractivity contribution in [2.45, 2.75) is 51.0 Å². The van der Waals surface area contributed by atoms with Gasteiger partial charge in [-0.1, -0.05) is 48.2 Å². The summed E-state index contributed by atoms with van der Waals surface area (Å²) in [6, 6.07) is 4.70. The Balaban J connectivity index is 2.11. The van der Waals surface area contributed by atoms with Gasteiger partial charge in [0.05, 0.1) is 5.60 Å². The third-order valence-electron chi connectivity index (χ3n) is 4.04. The van der Waals surface area contributed by atoms with Gasteiger partial charge in [-0.3, -0.25) is 0 Å². The molecule has 2 atom stereocenters. The molecule has 0 aromatic heterocycles. The number of aliphatic hydroxyl groups is 1. The van der Waals surface area contributed by atoms with Gasteiger partial charge in [-0.05, 0) is 36.5 Å². The molecule has 0 amide bonds. The van der Waals surface area contributed by atoms with Crippen molar-refractivity contribution < 1.29 is 9.50 Å². The molecule has 1 N–H and O–H groups in total. The monoisotopic (exact) mass is 314 g/mol. The predicted molar refractivity (Wildman–Crippen MR) is 75.0 cm³/mol. The van der Waals surface area contributed by atoms with Crippen LogP contribution in [0, 0.1) is 11.7 Å². The quantitative estimate of drug-likeness (QED) is 0.873. The van der Waals surface area contributed by atoms with Crippen LogP contribution in [-0.4, -0.2) is 10.7 Å². The maximum absolute atomic E-state index is 13.0.